The first-order valence-corrected chi connectivity index (χ1v) is 15.2. The number of rotatable bonds is 12. The largest absolute Gasteiger partial charge is 0.381 e. The third kappa shape index (κ3) is 4.31. The Labute approximate surface area is 231 Å². The van der Waals surface area contributed by atoms with Crippen LogP contribution in [0.1, 0.15) is 94.3 Å². The van der Waals surface area contributed by atoms with E-state index in [0.717, 1.165) is 66.2 Å². The molecular weight excluding hydrogens is 482 g/mol. The lowest BCUT2D eigenvalue weighted by Crippen LogP contribution is -2.43. The number of piperidine rings is 1. The topological polar surface area (TPSA) is 72.1 Å². The minimum Gasteiger partial charge on any atom is -0.381 e. The molecule has 3 aliphatic carbocycles. The summed E-state index contributed by atoms with van der Waals surface area (Å²) in [6, 6.07) is 6.58. The molecule has 2 N–H and O–H groups in total. The highest BCUT2D eigenvalue weighted by atomic mass is 15.3. The quantitative estimate of drug-likeness (QED) is 0.285. The van der Waals surface area contributed by atoms with Crippen LogP contribution in [0.15, 0.2) is 54.7 Å². The molecule has 204 valence electrons. The van der Waals surface area contributed by atoms with E-state index in [4.69, 9.17) is 10.1 Å². The summed E-state index contributed by atoms with van der Waals surface area (Å²) in [7, 11) is 0. The van der Waals surface area contributed by atoms with E-state index in [1.807, 2.05) is 15.4 Å². The Morgan fingerprint density at radius 3 is 2.67 bits per heavy atom. The second kappa shape index (κ2) is 9.71. The van der Waals surface area contributed by atoms with Crippen LogP contribution in [0.2, 0.25) is 0 Å². The second-order valence-electron chi connectivity index (χ2n) is 12.2. The Balaban J connectivity index is 1.23. The maximum absolute atomic E-state index is 5.22. The number of hydrogen-bond acceptors (Lipinski definition) is 5. The first-order valence-electron chi connectivity index (χ1n) is 15.2. The Morgan fingerprint density at radius 1 is 1.18 bits per heavy atom. The van der Waals surface area contributed by atoms with Crippen molar-refractivity contribution in [2.45, 2.75) is 83.7 Å². The highest BCUT2D eigenvalue weighted by molar-refractivity contribution is 5.59. The van der Waals surface area contributed by atoms with Crippen LogP contribution in [-0.2, 0) is 6.54 Å². The number of nitrogens with one attached hydrogen (secondary N) is 2. The molecule has 3 aromatic rings. The SMILES string of the molecule is C=C(NC(c1cn2nc(C(CCC)C34C=C=C3NCCC4)ccc2n1)C(C1CC1)C1CC1)c1ccnn1CC. The van der Waals surface area contributed by atoms with Gasteiger partial charge in [-0.3, -0.25) is 4.68 Å². The molecule has 0 bridgehead atoms. The summed E-state index contributed by atoms with van der Waals surface area (Å²) in [5.41, 5.74) is 9.94. The number of nitrogens with zero attached hydrogens (tertiary/aromatic N) is 5. The predicted octanol–water partition coefficient (Wildman–Crippen LogP) is 5.99. The number of imidazole rings is 1. The molecule has 3 unspecified atom stereocenters. The minimum absolute atomic E-state index is 0.0610. The summed E-state index contributed by atoms with van der Waals surface area (Å²) >= 11 is 0. The summed E-state index contributed by atoms with van der Waals surface area (Å²) in [5.74, 6) is 2.48. The van der Waals surface area contributed by atoms with Crippen LogP contribution < -0.4 is 10.6 Å². The number of fused-ring (bicyclic) bond motifs is 2. The van der Waals surface area contributed by atoms with Gasteiger partial charge < -0.3 is 10.6 Å². The molecule has 3 atom stereocenters. The van der Waals surface area contributed by atoms with Gasteiger partial charge in [0.05, 0.1) is 46.1 Å². The van der Waals surface area contributed by atoms with Gasteiger partial charge in [-0.1, -0.05) is 19.9 Å². The van der Waals surface area contributed by atoms with E-state index in [1.165, 1.54) is 44.2 Å². The van der Waals surface area contributed by atoms with E-state index in [-0.39, 0.29) is 11.5 Å². The van der Waals surface area contributed by atoms with Gasteiger partial charge in [-0.15, -0.1) is 5.73 Å². The summed E-state index contributed by atoms with van der Waals surface area (Å²) in [5, 5.41) is 17.2. The lowest BCUT2D eigenvalue weighted by molar-refractivity contribution is 0.248. The first-order chi connectivity index (χ1) is 19.1. The highest BCUT2D eigenvalue weighted by Crippen LogP contribution is 2.55. The Hall–Kier alpha value is -3.31. The highest BCUT2D eigenvalue weighted by Gasteiger charge is 2.48. The monoisotopic (exact) mass is 523 g/mol. The molecular formula is C32H41N7. The third-order valence-electron chi connectivity index (χ3n) is 9.62. The summed E-state index contributed by atoms with van der Waals surface area (Å²) in [4.78, 5) is 5.17. The molecule has 1 saturated heterocycles. The van der Waals surface area contributed by atoms with Gasteiger partial charge in [0.2, 0.25) is 0 Å². The van der Waals surface area contributed by atoms with E-state index in [1.54, 1.807) is 0 Å². The molecule has 3 aromatic heterocycles. The lowest BCUT2D eigenvalue weighted by atomic mass is 9.62. The van der Waals surface area contributed by atoms with Crippen molar-refractivity contribution in [3.05, 3.63) is 71.8 Å². The molecule has 39 heavy (non-hydrogen) atoms. The van der Waals surface area contributed by atoms with E-state index in [2.05, 4.69) is 72.4 Å². The summed E-state index contributed by atoms with van der Waals surface area (Å²) in [6.45, 7) is 10.7. The number of aryl methyl sites for hydroxylation is 1. The maximum atomic E-state index is 5.22. The maximum Gasteiger partial charge on any atom is 0.153 e. The van der Waals surface area contributed by atoms with E-state index in [0.29, 0.717) is 11.8 Å². The summed E-state index contributed by atoms with van der Waals surface area (Å²) in [6.07, 6.45) is 16.3. The molecule has 0 aromatic carbocycles. The molecule has 7 rings (SSSR count). The van der Waals surface area contributed by atoms with E-state index >= 15 is 0 Å². The molecule has 4 aliphatic rings. The molecule has 0 radical (unpaired) electrons. The van der Waals surface area contributed by atoms with Crippen LogP contribution in [-0.4, -0.2) is 30.9 Å². The standard InChI is InChI=1S/C32H41N7/c1-4-7-24(32-16-6-18-33-28(32)14-17-32)25-12-13-29-36-26(20-39(29)37-25)31(30(22-8-9-22)23-10-11-23)35-21(3)27-15-19-34-38(27)5-2/h12-13,15,17,19-20,22-24,30-31,33,35H,3-11,16,18H2,1-2H3. The van der Waals surface area contributed by atoms with Gasteiger partial charge in [-0.25, -0.2) is 9.50 Å². The molecule has 0 spiro atoms. The first kappa shape index (κ1) is 24.7. The zero-order valence-corrected chi connectivity index (χ0v) is 23.4. The molecule has 3 fully saturated rings. The lowest BCUT2D eigenvalue weighted by Gasteiger charge is -2.45. The van der Waals surface area contributed by atoms with Crippen LogP contribution in [0.25, 0.3) is 11.3 Å². The molecule has 7 nitrogen and oxygen atoms in total. The van der Waals surface area contributed by atoms with Crippen molar-refractivity contribution in [3.63, 3.8) is 0 Å². The van der Waals surface area contributed by atoms with Crippen LogP contribution in [0.4, 0.5) is 0 Å². The van der Waals surface area contributed by atoms with Crippen molar-refractivity contribution in [1.82, 2.24) is 35.0 Å². The van der Waals surface area contributed by atoms with Gasteiger partial charge in [-0.05, 0) is 93.9 Å². The number of hydrogen-bond donors (Lipinski definition) is 2. The molecule has 2 saturated carbocycles. The van der Waals surface area contributed by atoms with Crippen molar-refractivity contribution in [2.24, 2.45) is 23.2 Å². The average Bonchev–Trinajstić information content (AvgIpc) is 3.86. The van der Waals surface area contributed by atoms with Gasteiger partial charge in [0.25, 0.3) is 0 Å². The van der Waals surface area contributed by atoms with Gasteiger partial charge in [-0.2, -0.15) is 10.2 Å². The van der Waals surface area contributed by atoms with Gasteiger partial charge >= 0.3 is 0 Å². The predicted molar refractivity (Wildman–Crippen MR) is 154 cm³/mol. The third-order valence-corrected chi connectivity index (χ3v) is 9.62. The van der Waals surface area contributed by atoms with Crippen molar-refractivity contribution >= 4 is 11.3 Å². The normalized spacial score (nSPS) is 23.6. The minimum atomic E-state index is 0.0610. The van der Waals surface area contributed by atoms with Crippen LogP contribution >= 0.6 is 0 Å². The molecule has 0 amide bonds. The van der Waals surface area contributed by atoms with Crippen molar-refractivity contribution in [1.29, 1.82) is 0 Å². The summed E-state index contributed by atoms with van der Waals surface area (Å²) < 4.78 is 4.05. The van der Waals surface area contributed by atoms with Crippen molar-refractivity contribution in [3.8, 4) is 0 Å². The van der Waals surface area contributed by atoms with Gasteiger partial charge in [0.1, 0.15) is 0 Å². The van der Waals surface area contributed by atoms with Crippen LogP contribution in [0.3, 0.4) is 0 Å². The fourth-order valence-corrected chi connectivity index (χ4v) is 7.36. The van der Waals surface area contributed by atoms with Crippen molar-refractivity contribution < 1.29 is 0 Å². The zero-order chi connectivity index (χ0) is 26.6. The van der Waals surface area contributed by atoms with Crippen LogP contribution in [0.5, 0.6) is 0 Å². The van der Waals surface area contributed by atoms with E-state index in [9.17, 15) is 0 Å². The fourth-order valence-electron chi connectivity index (χ4n) is 7.36. The molecule has 4 heterocycles. The Bertz CT molecular complexity index is 1440. The molecule has 7 heteroatoms. The molecule has 1 aliphatic heterocycles. The van der Waals surface area contributed by atoms with E-state index < -0.39 is 0 Å². The Morgan fingerprint density at radius 2 is 2.00 bits per heavy atom. The fraction of sp³-hybridized carbons (Fsp3) is 0.562. The average molecular weight is 524 g/mol. The zero-order valence-electron chi connectivity index (χ0n) is 23.4. The number of aromatic nitrogens is 5. The smallest absolute Gasteiger partial charge is 0.153 e. The van der Waals surface area contributed by atoms with Gasteiger partial charge in [0, 0.05) is 25.2 Å². The van der Waals surface area contributed by atoms with Crippen molar-refractivity contribution in [2.75, 3.05) is 6.54 Å². The van der Waals surface area contributed by atoms with Gasteiger partial charge in [0.15, 0.2) is 5.65 Å². The second-order valence-corrected chi connectivity index (χ2v) is 12.2. The Kier molecular flexibility index (Phi) is 6.15. The van der Waals surface area contributed by atoms with Crippen LogP contribution in [0, 0.1) is 23.2 Å².